The van der Waals surface area contributed by atoms with E-state index in [2.05, 4.69) is 5.10 Å². The molecule has 1 aromatic rings. The predicted octanol–water partition coefficient (Wildman–Crippen LogP) is 1.84. The fourth-order valence-corrected chi connectivity index (χ4v) is 1.54. The highest BCUT2D eigenvalue weighted by Gasteiger charge is 2.27. The average molecular weight is 267 g/mol. The van der Waals surface area contributed by atoms with Crippen LogP contribution in [0.4, 0.5) is 4.79 Å². The molecule has 1 unspecified atom stereocenters. The van der Waals surface area contributed by atoms with Gasteiger partial charge in [0.1, 0.15) is 17.9 Å². The van der Waals surface area contributed by atoms with Crippen molar-refractivity contribution in [2.75, 3.05) is 7.05 Å². The van der Waals surface area contributed by atoms with E-state index < -0.39 is 17.7 Å². The van der Waals surface area contributed by atoms with Crippen LogP contribution in [0.15, 0.2) is 6.07 Å². The van der Waals surface area contributed by atoms with E-state index >= 15 is 0 Å². The molecule has 0 aliphatic heterocycles. The smallest absolute Gasteiger partial charge is 0.410 e. The highest BCUT2D eigenvalue weighted by Crippen LogP contribution is 2.19. The number of likely N-dealkylation sites (N-methyl/N-ethyl adjacent to an activating group) is 1. The number of ether oxygens (including phenoxy) is 1. The molecule has 1 heterocycles. The fourth-order valence-electron chi connectivity index (χ4n) is 1.54. The molecule has 1 amide bonds. The number of amides is 1. The number of nitrogens with zero attached hydrogens (tertiary/aromatic N) is 3. The van der Waals surface area contributed by atoms with Gasteiger partial charge < -0.3 is 9.53 Å². The second-order valence-corrected chi connectivity index (χ2v) is 5.51. The molecule has 1 aromatic heterocycles. The summed E-state index contributed by atoms with van der Waals surface area (Å²) in [4.78, 5) is 24.4. The molecule has 0 saturated heterocycles. The van der Waals surface area contributed by atoms with E-state index in [0.717, 1.165) is 5.69 Å². The third-order valence-electron chi connectivity index (χ3n) is 2.66. The Hall–Kier alpha value is -1.85. The van der Waals surface area contributed by atoms with Gasteiger partial charge in [-0.05, 0) is 33.8 Å². The summed E-state index contributed by atoms with van der Waals surface area (Å²) in [5.41, 5.74) is 0.849. The first-order valence-electron chi connectivity index (χ1n) is 6.07. The summed E-state index contributed by atoms with van der Waals surface area (Å²) in [6, 6.07) is 1.04. The first-order valence-corrected chi connectivity index (χ1v) is 6.07. The molecule has 6 nitrogen and oxygen atoms in total. The molecule has 106 valence electrons. The highest BCUT2D eigenvalue weighted by molar-refractivity contribution is 5.74. The van der Waals surface area contributed by atoms with E-state index in [9.17, 15) is 9.59 Å². The summed E-state index contributed by atoms with van der Waals surface area (Å²) in [6.45, 7) is 7.21. The van der Waals surface area contributed by atoms with Crippen molar-refractivity contribution in [2.24, 2.45) is 7.05 Å². The minimum Gasteiger partial charge on any atom is -0.444 e. The minimum absolute atomic E-state index is 0.531. The van der Waals surface area contributed by atoms with Gasteiger partial charge >= 0.3 is 6.09 Å². The minimum atomic E-state index is -0.741. The molecule has 1 rings (SSSR count). The van der Waals surface area contributed by atoms with Crippen molar-refractivity contribution in [3.05, 3.63) is 17.5 Å². The maximum atomic E-state index is 11.9. The molecule has 1 atom stereocenters. The molecule has 0 N–H and O–H groups in total. The van der Waals surface area contributed by atoms with Crippen LogP contribution in [-0.4, -0.2) is 39.7 Å². The summed E-state index contributed by atoms with van der Waals surface area (Å²) >= 11 is 0. The molecule has 0 aromatic carbocycles. The number of aromatic nitrogens is 2. The van der Waals surface area contributed by atoms with E-state index in [1.165, 1.54) is 11.9 Å². The van der Waals surface area contributed by atoms with Crippen molar-refractivity contribution in [2.45, 2.75) is 39.3 Å². The van der Waals surface area contributed by atoms with Crippen molar-refractivity contribution in [1.82, 2.24) is 14.7 Å². The molecule has 19 heavy (non-hydrogen) atoms. The van der Waals surface area contributed by atoms with Crippen LogP contribution < -0.4 is 0 Å². The lowest BCUT2D eigenvalue weighted by atomic mass is 10.2. The van der Waals surface area contributed by atoms with Crippen LogP contribution in [0.5, 0.6) is 0 Å². The van der Waals surface area contributed by atoms with E-state index in [1.807, 2.05) is 6.92 Å². The van der Waals surface area contributed by atoms with Crippen LogP contribution in [0.3, 0.4) is 0 Å². The molecule has 0 fully saturated rings. The van der Waals surface area contributed by atoms with Gasteiger partial charge in [0.25, 0.3) is 0 Å². The molecule has 0 aliphatic rings. The van der Waals surface area contributed by atoms with Crippen LogP contribution >= 0.6 is 0 Å². The lowest BCUT2D eigenvalue weighted by Gasteiger charge is -2.27. The number of hydrogen-bond donors (Lipinski definition) is 0. The van der Waals surface area contributed by atoms with Gasteiger partial charge in [-0.2, -0.15) is 5.10 Å². The quantitative estimate of drug-likeness (QED) is 0.784. The van der Waals surface area contributed by atoms with Crippen LogP contribution in [0.25, 0.3) is 0 Å². The first kappa shape index (κ1) is 15.2. The number of carbonyl (C=O) groups is 2. The van der Waals surface area contributed by atoms with Gasteiger partial charge in [0.15, 0.2) is 0 Å². The Morgan fingerprint density at radius 2 is 2.11 bits per heavy atom. The average Bonchev–Trinajstić information content (AvgIpc) is 2.57. The van der Waals surface area contributed by atoms with Crippen LogP contribution in [0.2, 0.25) is 0 Å². The van der Waals surface area contributed by atoms with Crippen molar-refractivity contribution in [3.8, 4) is 0 Å². The molecule has 0 spiro atoms. The lowest BCUT2D eigenvalue weighted by molar-refractivity contribution is -0.112. The van der Waals surface area contributed by atoms with Crippen molar-refractivity contribution in [1.29, 1.82) is 0 Å². The van der Waals surface area contributed by atoms with Crippen molar-refractivity contribution < 1.29 is 14.3 Å². The standard InChI is InChI=1S/C13H21N3O3/c1-9-7-10(14-16(9)6)11(8-17)15(5)12(18)19-13(2,3)4/h7-8,11H,1-6H3. The van der Waals surface area contributed by atoms with Crippen molar-refractivity contribution >= 4 is 12.4 Å². The normalized spacial score (nSPS) is 12.9. The molecule has 0 radical (unpaired) electrons. The SMILES string of the molecule is Cc1cc(C(C=O)N(C)C(=O)OC(C)(C)C)nn1C. The Kier molecular flexibility index (Phi) is 4.34. The van der Waals surface area contributed by atoms with E-state index in [-0.39, 0.29) is 0 Å². The Balaban J connectivity index is 2.91. The van der Waals surface area contributed by atoms with Gasteiger partial charge in [-0.3, -0.25) is 9.58 Å². The molecule has 0 bridgehead atoms. The monoisotopic (exact) mass is 267 g/mol. The second kappa shape index (κ2) is 5.42. The van der Waals surface area contributed by atoms with E-state index in [1.54, 1.807) is 38.6 Å². The Labute approximate surface area is 113 Å². The number of rotatable bonds is 3. The highest BCUT2D eigenvalue weighted by atomic mass is 16.6. The second-order valence-electron chi connectivity index (χ2n) is 5.51. The first-order chi connectivity index (χ1) is 8.65. The summed E-state index contributed by atoms with van der Waals surface area (Å²) in [5, 5.41) is 4.22. The van der Waals surface area contributed by atoms with Gasteiger partial charge in [-0.1, -0.05) is 0 Å². The molecule has 0 aliphatic carbocycles. The van der Waals surface area contributed by atoms with Crippen LogP contribution in [0, 0.1) is 6.92 Å². The van der Waals surface area contributed by atoms with Crippen molar-refractivity contribution in [3.63, 3.8) is 0 Å². The molecular weight excluding hydrogens is 246 g/mol. The topological polar surface area (TPSA) is 64.4 Å². The van der Waals surface area contributed by atoms with Gasteiger partial charge in [0, 0.05) is 19.8 Å². The zero-order valence-corrected chi connectivity index (χ0v) is 12.3. The summed E-state index contributed by atoms with van der Waals surface area (Å²) in [5.74, 6) is 0. The van der Waals surface area contributed by atoms with Gasteiger partial charge in [-0.15, -0.1) is 0 Å². The number of hydrogen-bond acceptors (Lipinski definition) is 4. The van der Waals surface area contributed by atoms with E-state index in [4.69, 9.17) is 4.74 Å². The Morgan fingerprint density at radius 3 is 2.47 bits per heavy atom. The largest absolute Gasteiger partial charge is 0.444 e. The van der Waals surface area contributed by atoms with Gasteiger partial charge in [-0.25, -0.2) is 4.79 Å². The van der Waals surface area contributed by atoms with Crippen LogP contribution in [0.1, 0.15) is 38.2 Å². The fraction of sp³-hybridized carbons (Fsp3) is 0.615. The number of carbonyl (C=O) groups excluding carboxylic acids is 2. The summed E-state index contributed by atoms with van der Waals surface area (Å²) in [7, 11) is 3.31. The van der Waals surface area contributed by atoms with Crippen LogP contribution in [-0.2, 0) is 16.6 Å². The van der Waals surface area contributed by atoms with E-state index in [0.29, 0.717) is 12.0 Å². The zero-order chi connectivity index (χ0) is 14.8. The maximum absolute atomic E-state index is 11.9. The molecule has 6 heteroatoms. The molecule has 0 saturated carbocycles. The third kappa shape index (κ3) is 3.81. The number of aryl methyl sites for hydroxylation is 2. The molecular formula is C13H21N3O3. The predicted molar refractivity (Wildman–Crippen MR) is 70.7 cm³/mol. The maximum Gasteiger partial charge on any atom is 0.410 e. The Morgan fingerprint density at radius 1 is 1.53 bits per heavy atom. The third-order valence-corrected chi connectivity index (χ3v) is 2.66. The van der Waals surface area contributed by atoms with Gasteiger partial charge in [0.2, 0.25) is 0 Å². The van der Waals surface area contributed by atoms with Gasteiger partial charge in [0.05, 0.1) is 5.69 Å². The number of aldehydes is 1. The summed E-state index contributed by atoms with van der Waals surface area (Å²) in [6.07, 6.45) is 0.138. The summed E-state index contributed by atoms with van der Waals surface area (Å²) < 4.78 is 6.90. The lowest BCUT2D eigenvalue weighted by Crippen LogP contribution is -2.37. The Bertz CT molecular complexity index is 454. The zero-order valence-electron chi connectivity index (χ0n) is 12.3.